The average molecular weight is 238 g/mol. The maximum absolute atomic E-state index is 10.7. The number of rotatable bonds is 5. The van der Waals surface area contributed by atoms with E-state index in [1.54, 1.807) is 0 Å². The third-order valence-electron chi connectivity index (χ3n) is 2.88. The van der Waals surface area contributed by atoms with Crippen LogP contribution in [0.5, 0.6) is 0 Å². The molecule has 0 amide bonds. The monoisotopic (exact) mass is 238 g/mol. The van der Waals surface area contributed by atoms with Gasteiger partial charge in [0.1, 0.15) is 11.6 Å². The number of anilines is 2. The van der Waals surface area contributed by atoms with Crippen molar-refractivity contribution in [3.05, 3.63) is 22.2 Å². The van der Waals surface area contributed by atoms with Crippen LogP contribution in [0, 0.1) is 10.1 Å². The number of nitro groups is 1. The second-order valence-electron chi connectivity index (χ2n) is 3.95. The van der Waals surface area contributed by atoms with Gasteiger partial charge >= 0.3 is 0 Å². The molecule has 0 saturated heterocycles. The first-order valence-electron chi connectivity index (χ1n) is 5.64. The molecule has 0 spiro atoms. The number of pyridine rings is 1. The Kier molecular flexibility index (Phi) is 4.25. The van der Waals surface area contributed by atoms with Crippen molar-refractivity contribution >= 4 is 17.3 Å². The lowest BCUT2D eigenvalue weighted by Gasteiger charge is -2.27. The predicted molar refractivity (Wildman–Crippen MR) is 68.1 cm³/mol. The van der Waals surface area contributed by atoms with Gasteiger partial charge in [-0.1, -0.05) is 13.8 Å². The van der Waals surface area contributed by atoms with Crippen LogP contribution in [0.2, 0.25) is 0 Å². The van der Waals surface area contributed by atoms with Gasteiger partial charge in [-0.25, -0.2) is 4.98 Å². The maximum Gasteiger partial charge on any atom is 0.276 e. The highest BCUT2D eigenvalue weighted by atomic mass is 16.6. The molecule has 1 heterocycles. The van der Waals surface area contributed by atoms with Gasteiger partial charge in [-0.3, -0.25) is 10.1 Å². The summed E-state index contributed by atoms with van der Waals surface area (Å²) in [4.78, 5) is 16.4. The second kappa shape index (κ2) is 5.47. The molecule has 0 unspecified atom stereocenters. The van der Waals surface area contributed by atoms with E-state index in [9.17, 15) is 10.1 Å². The molecular weight excluding hydrogens is 220 g/mol. The van der Waals surface area contributed by atoms with Gasteiger partial charge in [-0.2, -0.15) is 0 Å². The quantitative estimate of drug-likeness (QED) is 0.627. The first-order valence-corrected chi connectivity index (χ1v) is 5.64. The number of aromatic nitrogens is 1. The van der Waals surface area contributed by atoms with Gasteiger partial charge in [-0.15, -0.1) is 0 Å². The Morgan fingerprint density at radius 3 is 2.53 bits per heavy atom. The van der Waals surface area contributed by atoms with E-state index in [2.05, 4.69) is 18.8 Å². The molecule has 17 heavy (non-hydrogen) atoms. The van der Waals surface area contributed by atoms with Crippen molar-refractivity contribution in [1.29, 1.82) is 0 Å². The van der Waals surface area contributed by atoms with E-state index in [1.165, 1.54) is 12.1 Å². The second-order valence-corrected chi connectivity index (χ2v) is 3.95. The first kappa shape index (κ1) is 13.2. The van der Waals surface area contributed by atoms with E-state index in [-0.39, 0.29) is 11.5 Å². The van der Waals surface area contributed by atoms with Gasteiger partial charge in [0.15, 0.2) is 0 Å². The van der Waals surface area contributed by atoms with Crippen LogP contribution in [0.15, 0.2) is 12.1 Å². The summed E-state index contributed by atoms with van der Waals surface area (Å²) < 4.78 is 0. The van der Waals surface area contributed by atoms with E-state index >= 15 is 0 Å². The Hall–Kier alpha value is -1.85. The molecule has 1 aromatic heterocycles. The Bertz CT molecular complexity index is 404. The minimum atomic E-state index is -0.456. The van der Waals surface area contributed by atoms with Crippen LogP contribution in [0.4, 0.5) is 17.3 Å². The summed E-state index contributed by atoms with van der Waals surface area (Å²) in [5.74, 6) is 0.720. The summed E-state index contributed by atoms with van der Waals surface area (Å²) >= 11 is 0. The Balaban J connectivity index is 3.08. The molecule has 0 aliphatic carbocycles. The van der Waals surface area contributed by atoms with Crippen LogP contribution >= 0.6 is 0 Å². The zero-order valence-electron chi connectivity index (χ0n) is 10.4. The minimum absolute atomic E-state index is 0.0229. The molecule has 0 fully saturated rings. The topological polar surface area (TPSA) is 85.3 Å². The molecular formula is C11H18N4O2. The SMILES string of the molecule is CCC(CC)N(C)c1cc([N+](=O)[O-])cc(N)n1. The average Bonchev–Trinajstić information content (AvgIpc) is 2.29. The van der Waals surface area contributed by atoms with E-state index < -0.39 is 4.92 Å². The summed E-state index contributed by atoms with van der Waals surface area (Å²) in [5, 5.41) is 10.7. The number of nitrogen functional groups attached to an aromatic ring is 1. The van der Waals surface area contributed by atoms with Crippen LogP contribution in [-0.4, -0.2) is 23.0 Å². The van der Waals surface area contributed by atoms with Crippen molar-refractivity contribution in [2.75, 3.05) is 17.7 Å². The molecule has 0 aromatic carbocycles. The van der Waals surface area contributed by atoms with Crippen molar-refractivity contribution < 1.29 is 4.92 Å². The molecule has 0 aliphatic rings. The van der Waals surface area contributed by atoms with Gasteiger partial charge in [0.05, 0.1) is 17.1 Å². The van der Waals surface area contributed by atoms with Crippen molar-refractivity contribution in [3.63, 3.8) is 0 Å². The largest absolute Gasteiger partial charge is 0.383 e. The number of hydrogen-bond acceptors (Lipinski definition) is 5. The van der Waals surface area contributed by atoms with Crippen LogP contribution in [-0.2, 0) is 0 Å². The van der Waals surface area contributed by atoms with Crippen LogP contribution in [0.3, 0.4) is 0 Å². The molecule has 6 heteroatoms. The summed E-state index contributed by atoms with van der Waals surface area (Å²) in [6.45, 7) is 4.15. The van der Waals surface area contributed by atoms with Crippen molar-refractivity contribution in [2.45, 2.75) is 32.7 Å². The van der Waals surface area contributed by atoms with Crippen LogP contribution in [0.1, 0.15) is 26.7 Å². The molecule has 1 rings (SSSR count). The molecule has 1 aromatic rings. The lowest BCUT2D eigenvalue weighted by atomic mass is 10.1. The zero-order valence-corrected chi connectivity index (χ0v) is 10.4. The predicted octanol–water partition coefficient (Wildman–Crippen LogP) is 2.20. The molecule has 0 atom stereocenters. The van der Waals surface area contributed by atoms with E-state index in [0.29, 0.717) is 11.9 Å². The Morgan fingerprint density at radius 1 is 1.47 bits per heavy atom. The highest BCUT2D eigenvalue weighted by Gasteiger charge is 2.16. The van der Waals surface area contributed by atoms with Crippen LogP contribution in [0.25, 0.3) is 0 Å². The number of nitrogens with two attached hydrogens (primary N) is 1. The fraction of sp³-hybridized carbons (Fsp3) is 0.545. The van der Waals surface area contributed by atoms with Gasteiger partial charge in [-0.05, 0) is 12.8 Å². The summed E-state index contributed by atoms with van der Waals surface area (Å²) in [6, 6.07) is 3.03. The fourth-order valence-electron chi connectivity index (χ4n) is 1.83. The standard InChI is InChI=1S/C11H18N4O2/c1-4-8(5-2)14(3)11-7-9(15(16)17)6-10(12)13-11/h6-8H,4-5H2,1-3H3,(H2,12,13). The highest BCUT2D eigenvalue weighted by molar-refractivity contribution is 5.54. The normalized spacial score (nSPS) is 10.6. The van der Waals surface area contributed by atoms with Crippen molar-refractivity contribution in [1.82, 2.24) is 4.98 Å². The highest BCUT2D eigenvalue weighted by Crippen LogP contribution is 2.23. The van der Waals surface area contributed by atoms with Crippen molar-refractivity contribution in [2.24, 2.45) is 0 Å². The van der Waals surface area contributed by atoms with Gasteiger partial charge < -0.3 is 10.6 Å². The Morgan fingerprint density at radius 2 is 2.06 bits per heavy atom. The molecule has 0 radical (unpaired) electrons. The summed E-state index contributed by atoms with van der Waals surface area (Å²) in [5.41, 5.74) is 5.55. The van der Waals surface area contributed by atoms with Gasteiger partial charge in [0.25, 0.3) is 5.69 Å². The molecule has 0 aliphatic heterocycles. The lowest BCUT2D eigenvalue weighted by molar-refractivity contribution is -0.384. The lowest BCUT2D eigenvalue weighted by Crippen LogP contribution is -2.31. The first-order chi connectivity index (χ1) is 7.99. The summed E-state index contributed by atoms with van der Waals surface area (Å²) in [7, 11) is 1.88. The number of nitrogens with zero attached hydrogens (tertiary/aromatic N) is 3. The Labute approximate surface area is 101 Å². The van der Waals surface area contributed by atoms with Gasteiger partial charge in [0.2, 0.25) is 0 Å². The van der Waals surface area contributed by atoms with E-state index in [4.69, 9.17) is 5.73 Å². The zero-order chi connectivity index (χ0) is 13.0. The van der Waals surface area contributed by atoms with E-state index in [0.717, 1.165) is 12.8 Å². The molecule has 0 bridgehead atoms. The molecule has 6 nitrogen and oxygen atoms in total. The summed E-state index contributed by atoms with van der Waals surface area (Å²) in [6.07, 6.45) is 1.91. The number of hydrogen-bond donors (Lipinski definition) is 1. The molecule has 2 N–H and O–H groups in total. The van der Waals surface area contributed by atoms with Crippen LogP contribution < -0.4 is 10.6 Å². The van der Waals surface area contributed by atoms with E-state index in [1.807, 2.05) is 11.9 Å². The third-order valence-corrected chi connectivity index (χ3v) is 2.88. The molecule has 0 saturated carbocycles. The minimum Gasteiger partial charge on any atom is -0.383 e. The van der Waals surface area contributed by atoms with Gasteiger partial charge in [0, 0.05) is 13.1 Å². The third kappa shape index (κ3) is 3.05. The van der Waals surface area contributed by atoms with Crippen molar-refractivity contribution in [3.8, 4) is 0 Å². The molecule has 94 valence electrons. The smallest absolute Gasteiger partial charge is 0.276 e. The fourth-order valence-corrected chi connectivity index (χ4v) is 1.83. The maximum atomic E-state index is 10.7.